The molecule has 0 saturated carbocycles. The van der Waals surface area contributed by atoms with Crippen LogP contribution in [0.4, 0.5) is 0 Å². The van der Waals surface area contributed by atoms with Gasteiger partial charge >= 0.3 is 0 Å². The Morgan fingerprint density at radius 3 is 2.81 bits per heavy atom. The van der Waals surface area contributed by atoms with Crippen molar-refractivity contribution in [2.24, 2.45) is 0 Å². The van der Waals surface area contributed by atoms with Gasteiger partial charge in [-0.3, -0.25) is 0 Å². The molecule has 0 fully saturated rings. The summed E-state index contributed by atoms with van der Waals surface area (Å²) in [6, 6.07) is 0.460. The van der Waals surface area contributed by atoms with Crippen LogP contribution in [-0.4, -0.2) is 30.8 Å². The molecule has 1 heterocycles. The van der Waals surface area contributed by atoms with E-state index in [0.717, 1.165) is 24.4 Å². The summed E-state index contributed by atoms with van der Waals surface area (Å²) < 4.78 is 5.31. The third-order valence-corrected chi connectivity index (χ3v) is 3.46. The fourth-order valence-electron chi connectivity index (χ4n) is 1.78. The van der Waals surface area contributed by atoms with Crippen molar-refractivity contribution in [3.8, 4) is 0 Å². The molecule has 4 heteroatoms. The largest absolute Gasteiger partial charge is 0.382 e. The van der Waals surface area contributed by atoms with Crippen molar-refractivity contribution >= 4 is 11.3 Å². The third-order valence-electron chi connectivity index (χ3n) is 2.63. The Bertz CT molecular complexity index is 301. The van der Waals surface area contributed by atoms with E-state index in [2.05, 4.69) is 29.5 Å². The van der Waals surface area contributed by atoms with Gasteiger partial charge in [0.1, 0.15) is 0 Å². The van der Waals surface area contributed by atoms with E-state index < -0.39 is 0 Å². The number of methoxy groups -OCH3 is 1. The lowest BCUT2D eigenvalue weighted by Gasteiger charge is -2.20. The Hall–Kier alpha value is -0.450. The average Bonchev–Trinajstić information content (AvgIpc) is 2.64. The molecule has 2 unspecified atom stereocenters. The molecule has 0 aliphatic heterocycles. The van der Waals surface area contributed by atoms with Gasteiger partial charge in [0.25, 0.3) is 0 Å². The number of ether oxygens (including phenoxy) is 1. The zero-order valence-electron chi connectivity index (χ0n) is 10.6. The lowest BCUT2D eigenvalue weighted by atomic mass is 10.1. The van der Waals surface area contributed by atoms with Crippen LogP contribution in [0.2, 0.25) is 0 Å². The summed E-state index contributed by atoms with van der Waals surface area (Å²) >= 11 is 1.72. The predicted molar refractivity (Wildman–Crippen MR) is 69.1 cm³/mol. The van der Waals surface area contributed by atoms with Crippen LogP contribution >= 0.6 is 11.3 Å². The molecule has 0 bridgehead atoms. The van der Waals surface area contributed by atoms with Crippen LogP contribution in [-0.2, 0) is 11.2 Å². The molecular weight excluding hydrogens is 220 g/mol. The Labute approximate surface area is 102 Å². The second-order valence-corrected chi connectivity index (χ2v) is 5.16. The number of nitrogens with one attached hydrogen (secondary N) is 1. The monoisotopic (exact) mass is 242 g/mol. The summed E-state index contributed by atoms with van der Waals surface area (Å²) in [6.07, 6.45) is 2.32. The average molecular weight is 242 g/mol. The van der Waals surface area contributed by atoms with E-state index in [-0.39, 0.29) is 0 Å². The molecule has 0 aromatic carbocycles. The van der Waals surface area contributed by atoms with Gasteiger partial charge in [0, 0.05) is 25.0 Å². The number of nitrogens with zero attached hydrogens (tertiary/aromatic N) is 1. The third kappa shape index (κ3) is 4.60. The van der Waals surface area contributed by atoms with Gasteiger partial charge in [0.05, 0.1) is 16.8 Å². The molecule has 0 aliphatic carbocycles. The van der Waals surface area contributed by atoms with Crippen LogP contribution in [0.3, 0.4) is 0 Å². The van der Waals surface area contributed by atoms with Crippen LogP contribution in [0.1, 0.15) is 31.0 Å². The molecule has 0 saturated heterocycles. The van der Waals surface area contributed by atoms with Crippen LogP contribution in [0.5, 0.6) is 0 Å². The highest BCUT2D eigenvalue weighted by Gasteiger charge is 2.13. The molecule has 0 spiro atoms. The van der Waals surface area contributed by atoms with Gasteiger partial charge in [-0.2, -0.15) is 0 Å². The highest BCUT2D eigenvalue weighted by atomic mass is 32.1. The predicted octanol–water partition coefficient (Wildman–Crippen LogP) is 2.40. The highest BCUT2D eigenvalue weighted by Crippen LogP contribution is 2.12. The van der Waals surface area contributed by atoms with Crippen molar-refractivity contribution in [1.29, 1.82) is 0 Å². The first-order valence-electron chi connectivity index (χ1n) is 5.82. The maximum absolute atomic E-state index is 5.31. The van der Waals surface area contributed by atoms with Crippen molar-refractivity contribution in [1.82, 2.24) is 10.3 Å². The first-order chi connectivity index (χ1) is 7.65. The summed E-state index contributed by atoms with van der Waals surface area (Å²) in [5, 5.41) is 6.78. The van der Waals surface area contributed by atoms with Crippen LogP contribution in [0.25, 0.3) is 0 Å². The van der Waals surface area contributed by atoms with Gasteiger partial charge in [-0.1, -0.05) is 6.92 Å². The number of hydrogen-bond acceptors (Lipinski definition) is 4. The number of likely N-dealkylation sites (N-methyl/N-ethyl adjacent to an activating group) is 1. The maximum Gasteiger partial charge on any atom is 0.0897 e. The zero-order valence-corrected chi connectivity index (χ0v) is 11.4. The van der Waals surface area contributed by atoms with Gasteiger partial charge in [0.15, 0.2) is 0 Å². The quantitative estimate of drug-likeness (QED) is 0.797. The fraction of sp³-hybridized carbons (Fsp3) is 0.750. The molecule has 1 N–H and O–H groups in total. The molecule has 1 aromatic heterocycles. The fourth-order valence-corrected chi connectivity index (χ4v) is 2.40. The van der Waals surface area contributed by atoms with E-state index in [1.54, 1.807) is 18.4 Å². The van der Waals surface area contributed by atoms with Gasteiger partial charge in [0.2, 0.25) is 0 Å². The van der Waals surface area contributed by atoms with E-state index in [9.17, 15) is 0 Å². The van der Waals surface area contributed by atoms with E-state index in [0.29, 0.717) is 12.1 Å². The number of thiazole rings is 1. The summed E-state index contributed by atoms with van der Waals surface area (Å²) in [7, 11) is 1.76. The number of aryl methyl sites for hydroxylation is 1. The summed E-state index contributed by atoms with van der Waals surface area (Å²) in [6.45, 7) is 7.28. The van der Waals surface area contributed by atoms with E-state index in [1.807, 2.05) is 6.92 Å². The molecule has 1 rings (SSSR count). The van der Waals surface area contributed by atoms with Crippen molar-refractivity contribution in [3.63, 3.8) is 0 Å². The number of rotatable bonds is 7. The topological polar surface area (TPSA) is 34.2 Å². The Morgan fingerprint density at radius 2 is 2.31 bits per heavy atom. The Morgan fingerprint density at radius 1 is 1.56 bits per heavy atom. The molecule has 16 heavy (non-hydrogen) atoms. The van der Waals surface area contributed by atoms with Gasteiger partial charge in [-0.15, -0.1) is 11.3 Å². The van der Waals surface area contributed by atoms with Gasteiger partial charge in [-0.05, 0) is 26.8 Å². The molecule has 92 valence electrons. The Balaban J connectivity index is 2.50. The summed E-state index contributed by atoms with van der Waals surface area (Å²) in [5.41, 5.74) is 1.19. The van der Waals surface area contributed by atoms with Gasteiger partial charge in [-0.25, -0.2) is 4.98 Å². The Kier molecular flexibility index (Phi) is 5.95. The minimum Gasteiger partial charge on any atom is -0.382 e. The molecule has 1 aromatic rings. The van der Waals surface area contributed by atoms with Crippen molar-refractivity contribution in [2.45, 2.75) is 45.8 Å². The number of aromatic nitrogens is 1. The minimum absolute atomic E-state index is 0.295. The van der Waals surface area contributed by atoms with Crippen LogP contribution < -0.4 is 5.32 Å². The number of hydrogen-bond donors (Lipinski definition) is 1. The molecule has 0 aliphatic rings. The summed E-state index contributed by atoms with van der Waals surface area (Å²) in [5.74, 6) is 0. The smallest absolute Gasteiger partial charge is 0.0897 e. The van der Waals surface area contributed by atoms with Crippen molar-refractivity contribution in [2.75, 3.05) is 13.7 Å². The first-order valence-corrected chi connectivity index (χ1v) is 6.70. The molecule has 0 radical (unpaired) electrons. The second-order valence-electron chi connectivity index (χ2n) is 4.10. The molecule has 3 nitrogen and oxygen atoms in total. The van der Waals surface area contributed by atoms with Crippen LogP contribution in [0.15, 0.2) is 5.38 Å². The van der Waals surface area contributed by atoms with Crippen molar-refractivity contribution < 1.29 is 4.74 Å². The SMILES string of the molecule is CCNC(Cc1csc(C)n1)CC(C)OC. The van der Waals surface area contributed by atoms with Gasteiger partial charge < -0.3 is 10.1 Å². The maximum atomic E-state index is 5.31. The lowest BCUT2D eigenvalue weighted by molar-refractivity contribution is 0.100. The van der Waals surface area contributed by atoms with Crippen LogP contribution in [0, 0.1) is 6.92 Å². The van der Waals surface area contributed by atoms with E-state index >= 15 is 0 Å². The molecule has 2 atom stereocenters. The van der Waals surface area contributed by atoms with Crippen molar-refractivity contribution in [3.05, 3.63) is 16.1 Å². The minimum atomic E-state index is 0.295. The summed E-state index contributed by atoms with van der Waals surface area (Å²) in [4.78, 5) is 4.50. The lowest BCUT2D eigenvalue weighted by Crippen LogP contribution is -2.34. The second kappa shape index (κ2) is 6.99. The highest BCUT2D eigenvalue weighted by molar-refractivity contribution is 7.09. The van der Waals surface area contributed by atoms with E-state index in [4.69, 9.17) is 4.74 Å². The standard InChI is InChI=1S/C12H22N2OS/c1-5-13-11(6-9(2)15-4)7-12-8-16-10(3)14-12/h8-9,11,13H,5-7H2,1-4H3. The van der Waals surface area contributed by atoms with E-state index in [1.165, 1.54) is 5.69 Å². The molecule has 0 amide bonds. The zero-order chi connectivity index (χ0) is 12.0. The normalized spacial score (nSPS) is 15.0. The molecular formula is C12H22N2OS. The first kappa shape index (κ1) is 13.6.